The molecule has 0 unspecified atom stereocenters. The summed E-state index contributed by atoms with van der Waals surface area (Å²) in [7, 11) is 4.63. The van der Waals surface area contributed by atoms with E-state index in [-0.39, 0.29) is 18.0 Å². The van der Waals surface area contributed by atoms with Crippen LogP contribution in [0.2, 0.25) is 0 Å². The summed E-state index contributed by atoms with van der Waals surface area (Å²) in [6, 6.07) is 0. The Morgan fingerprint density at radius 1 is 0.828 bits per heavy atom. The molecular weight excluding hydrogens is 394 g/mol. The Labute approximate surface area is 181 Å². The van der Waals surface area contributed by atoms with Gasteiger partial charge in [-0.3, -0.25) is 0 Å². The highest BCUT2D eigenvalue weighted by molar-refractivity contribution is 6.00. The second-order valence-electron chi connectivity index (χ2n) is 6.80. The average Bonchev–Trinajstić information content (AvgIpc) is 2.70. The summed E-state index contributed by atoms with van der Waals surface area (Å²) in [6.45, 7) is 7.53. The van der Waals surface area contributed by atoms with Gasteiger partial charge in [0.1, 0.15) is 0 Å². The van der Waals surface area contributed by atoms with Crippen LogP contribution < -0.4 is 19.1 Å². The second kappa shape index (κ2) is 14.2. The van der Waals surface area contributed by atoms with E-state index in [9.17, 15) is 9.90 Å². The molecule has 0 saturated carbocycles. The van der Waals surface area contributed by atoms with E-state index in [1.54, 1.807) is 14.2 Å². The van der Waals surface area contributed by atoms with Crippen LogP contribution in [0.3, 0.4) is 0 Å². The maximum Gasteiger partial charge on any atom is 0.338 e. The van der Waals surface area contributed by atoms with Crippen molar-refractivity contribution in [3.05, 3.63) is 11.1 Å². The fourth-order valence-electron chi connectivity index (χ4n) is 3.70. The van der Waals surface area contributed by atoms with E-state index in [0.29, 0.717) is 48.0 Å². The number of nitrogens with zero attached hydrogens (tertiary/aromatic N) is 1. The highest BCUT2D eigenvalue weighted by atomic mass is 35.5. The maximum atomic E-state index is 12.3. The molecule has 1 aromatic rings. The largest absolute Gasteiger partial charge is 0.492 e. The van der Waals surface area contributed by atoms with Crippen molar-refractivity contribution in [3.63, 3.8) is 0 Å². The molecule has 1 rings (SSSR count). The van der Waals surface area contributed by atoms with Gasteiger partial charge >= 0.3 is 5.97 Å². The third-order valence-electron chi connectivity index (χ3n) is 5.13. The summed E-state index contributed by atoms with van der Waals surface area (Å²) >= 11 is 0. The quantitative estimate of drug-likeness (QED) is 0.387. The highest BCUT2D eigenvalue weighted by Gasteiger charge is 2.31. The van der Waals surface area contributed by atoms with Crippen molar-refractivity contribution in [2.45, 2.75) is 65.7 Å². The van der Waals surface area contributed by atoms with Crippen molar-refractivity contribution < 1.29 is 24.1 Å². The van der Waals surface area contributed by atoms with E-state index in [1.165, 1.54) is 26.4 Å². The minimum absolute atomic E-state index is 0. The van der Waals surface area contributed by atoms with Crippen LogP contribution in [0, 0.1) is 0 Å². The van der Waals surface area contributed by atoms with Crippen LogP contribution in [0.1, 0.15) is 75.2 Å². The van der Waals surface area contributed by atoms with Crippen molar-refractivity contribution in [2.24, 2.45) is 0 Å². The normalized spacial score (nSPS) is 10.3. The van der Waals surface area contributed by atoms with Crippen molar-refractivity contribution >= 4 is 24.1 Å². The van der Waals surface area contributed by atoms with Crippen molar-refractivity contribution in [1.82, 2.24) is 0 Å². The number of ether oxygens (including phenoxy) is 3. The molecule has 0 fully saturated rings. The highest BCUT2D eigenvalue weighted by Crippen LogP contribution is 2.50. The number of carboxylic acids is 1. The topological polar surface area (TPSA) is 68.2 Å². The molecule has 1 aromatic carbocycles. The number of anilines is 1. The Balaban J connectivity index is 0.00000784. The van der Waals surface area contributed by atoms with E-state index >= 15 is 0 Å². The molecule has 0 heterocycles. The fourth-order valence-corrected chi connectivity index (χ4v) is 3.70. The average molecular weight is 432 g/mol. The number of aromatic carboxylic acids is 1. The van der Waals surface area contributed by atoms with Gasteiger partial charge in [-0.1, -0.05) is 39.0 Å². The standard InChI is InChI=1S/C22H37NO5.ClH/c1-7-10-11-12-13-14-15-16-17(22(24)25)18(23(8-2)9-3)20(27-5)21(28-6)19(16)26-4;/h7-15H2,1-6H3,(H,24,25);1H. The molecule has 168 valence electrons. The van der Waals surface area contributed by atoms with Gasteiger partial charge < -0.3 is 24.2 Å². The van der Waals surface area contributed by atoms with Crippen LogP contribution >= 0.6 is 12.4 Å². The Morgan fingerprint density at radius 2 is 1.34 bits per heavy atom. The third kappa shape index (κ3) is 6.59. The summed E-state index contributed by atoms with van der Waals surface area (Å²) < 4.78 is 16.8. The molecule has 0 saturated heterocycles. The number of hydrogen-bond donors (Lipinski definition) is 1. The fraction of sp³-hybridized carbons (Fsp3) is 0.682. The van der Waals surface area contributed by atoms with Gasteiger partial charge in [0.2, 0.25) is 5.75 Å². The molecule has 6 nitrogen and oxygen atoms in total. The first-order chi connectivity index (χ1) is 13.5. The SMILES string of the molecule is CCCCCCCCc1c(OC)c(OC)c(OC)c(N(CC)CC)c1C(=O)O.Cl. The lowest BCUT2D eigenvalue weighted by atomic mass is 9.95. The lowest BCUT2D eigenvalue weighted by Crippen LogP contribution is -2.26. The summed E-state index contributed by atoms with van der Waals surface area (Å²) in [5, 5.41) is 10.1. The zero-order valence-corrected chi connectivity index (χ0v) is 19.6. The Bertz CT molecular complexity index is 632. The molecule has 29 heavy (non-hydrogen) atoms. The number of methoxy groups -OCH3 is 3. The van der Waals surface area contributed by atoms with Crippen LogP contribution in [0.4, 0.5) is 5.69 Å². The molecule has 0 radical (unpaired) electrons. The van der Waals surface area contributed by atoms with Gasteiger partial charge in [0.05, 0.1) is 32.6 Å². The van der Waals surface area contributed by atoms with Crippen molar-refractivity contribution in [2.75, 3.05) is 39.3 Å². The van der Waals surface area contributed by atoms with Crippen LogP contribution in [-0.2, 0) is 6.42 Å². The van der Waals surface area contributed by atoms with E-state index in [0.717, 1.165) is 19.3 Å². The summed E-state index contributed by atoms with van der Waals surface area (Å²) in [5.41, 5.74) is 1.51. The molecule has 0 amide bonds. The maximum absolute atomic E-state index is 12.3. The summed E-state index contributed by atoms with van der Waals surface area (Å²) in [5.74, 6) is 0.355. The van der Waals surface area contributed by atoms with Crippen LogP contribution in [0.15, 0.2) is 0 Å². The van der Waals surface area contributed by atoms with Gasteiger partial charge in [0.25, 0.3) is 0 Å². The summed E-state index contributed by atoms with van der Waals surface area (Å²) in [4.78, 5) is 14.3. The van der Waals surface area contributed by atoms with Crippen molar-refractivity contribution in [3.8, 4) is 17.2 Å². The van der Waals surface area contributed by atoms with E-state index in [4.69, 9.17) is 14.2 Å². The van der Waals surface area contributed by atoms with Gasteiger partial charge in [0.15, 0.2) is 11.5 Å². The van der Waals surface area contributed by atoms with Gasteiger partial charge in [-0.2, -0.15) is 0 Å². The second-order valence-corrected chi connectivity index (χ2v) is 6.80. The smallest absolute Gasteiger partial charge is 0.338 e. The Morgan fingerprint density at radius 3 is 1.79 bits per heavy atom. The molecule has 7 heteroatoms. The van der Waals surface area contributed by atoms with Crippen LogP contribution in [0.5, 0.6) is 17.2 Å². The number of rotatable bonds is 14. The van der Waals surface area contributed by atoms with Gasteiger partial charge in [-0.15, -0.1) is 12.4 Å². The number of unbranched alkanes of at least 4 members (excludes halogenated alkanes) is 5. The van der Waals surface area contributed by atoms with Crippen molar-refractivity contribution in [1.29, 1.82) is 0 Å². The van der Waals surface area contributed by atoms with Crippen LogP contribution in [-0.4, -0.2) is 45.5 Å². The molecule has 0 bridgehead atoms. The number of benzene rings is 1. The first-order valence-corrected chi connectivity index (χ1v) is 10.3. The van der Waals surface area contributed by atoms with Gasteiger partial charge in [-0.05, 0) is 26.7 Å². The van der Waals surface area contributed by atoms with Gasteiger partial charge in [0, 0.05) is 18.7 Å². The monoisotopic (exact) mass is 431 g/mol. The number of halogens is 1. The number of carboxylic acid groups (broad SMARTS) is 1. The lowest BCUT2D eigenvalue weighted by Gasteiger charge is -2.29. The molecule has 0 aliphatic carbocycles. The van der Waals surface area contributed by atoms with E-state index in [2.05, 4.69) is 6.92 Å². The minimum Gasteiger partial charge on any atom is -0.492 e. The zero-order chi connectivity index (χ0) is 21.1. The molecule has 0 aliphatic rings. The van der Waals surface area contributed by atoms with E-state index in [1.807, 2.05) is 18.7 Å². The number of carbonyl (C=O) groups is 1. The molecule has 0 aliphatic heterocycles. The third-order valence-corrected chi connectivity index (χ3v) is 5.13. The Hall–Kier alpha value is -1.82. The van der Waals surface area contributed by atoms with Gasteiger partial charge in [-0.25, -0.2) is 4.79 Å². The molecular formula is C22H38ClNO5. The lowest BCUT2D eigenvalue weighted by molar-refractivity contribution is 0.0695. The van der Waals surface area contributed by atoms with E-state index < -0.39 is 5.97 Å². The molecule has 0 aromatic heterocycles. The Kier molecular flexibility index (Phi) is 13.3. The summed E-state index contributed by atoms with van der Waals surface area (Å²) in [6.07, 6.45) is 7.44. The first-order valence-electron chi connectivity index (χ1n) is 10.3. The molecule has 0 spiro atoms. The molecule has 1 N–H and O–H groups in total. The predicted octanol–water partition coefficient (Wildman–Crippen LogP) is 5.58. The number of hydrogen-bond acceptors (Lipinski definition) is 5. The predicted molar refractivity (Wildman–Crippen MR) is 121 cm³/mol. The first kappa shape index (κ1) is 27.2. The van der Waals surface area contributed by atoms with Crippen LogP contribution in [0.25, 0.3) is 0 Å². The minimum atomic E-state index is -0.970. The molecule has 0 atom stereocenters. The zero-order valence-electron chi connectivity index (χ0n) is 18.8.